The quantitative estimate of drug-likeness (QED) is 0.750. The second-order valence-electron chi connectivity index (χ2n) is 8.72. The maximum atomic E-state index is 12.6. The predicted octanol–water partition coefficient (Wildman–Crippen LogP) is 1.89. The van der Waals surface area contributed by atoms with Crippen LogP contribution in [-0.4, -0.2) is 74.1 Å². The van der Waals surface area contributed by atoms with Crippen molar-refractivity contribution in [2.75, 3.05) is 46.3 Å². The molecular weight excluding hydrogens is 371 g/mol. The Balaban J connectivity index is 0.00000121. The van der Waals surface area contributed by atoms with Crippen molar-refractivity contribution >= 4 is 30.7 Å². The minimum Gasteiger partial charge on any atom is -0.353 e. The monoisotopic (exact) mass is 406 g/mol. The van der Waals surface area contributed by atoms with Gasteiger partial charge in [0.2, 0.25) is 5.91 Å². The molecule has 1 amide bonds. The van der Waals surface area contributed by atoms with Crippen LogP contribution in [0.2, 0.25) is 0 Å². The van der Waals surface area contributed by atoms with Gasteiger partial charge in [0.05, 0.1) is 0 Å². The van der Waals surface area contributed by atoms with Gasteiger partial charge in [0.1, 0.15) is 0 Å². The third-order valence-electron chi connectivity index (χ3n) is 7.19. The normalized spacial score (nSPS) is 30.3. The van der Waals surface area contributed by atoms with Crippen LogP contribution in [0.4, 0.5) is 0 Å². The number of hydrogen-bond donors (Lipinski definition) is 2. The highest BCUT2D eigenvalue weighted by Crippen LogP contribution is 2.58. The molecule has 1 spiro atoms. The summed E-state index contributed by atoms with van der Waals surface area (Å²) in [5.41, 5.74) is 0.365. The number of carbonyl (C=O) groups is 1. The zero-order valence-corrected chi connectivity index (χ0v) is 17.7. The molecule has 0 aromatic rings. The molecule has 5 nitrogen and oxygen atoms in total. The van der Waals surface area contributed by atoms with Crippen LogP contribution in [-0.2, 0) is 4.79 Å². The molecule has 7 heteroatoms. The van der Waals surface area contributed by atoms with E-state index < -0.39 is 0 Å². The van der Waals surface area contributed by atoms with Gasteiger partial charge < -0.3 is 20.4 Å². The number of nitrogens with one attached hydrogen (secondary N) is 2. The van der Waals surface area contributed by atoms with Gasteiger partial charge in [0.25, 0.3) is 0 Å². The van der Waals surface area contributed by atoms with Gasteiger partial charge in [-0.25, -0.2) is 0 Å². The summed E-state index contributed by atoms with van der Waals surface area (Å²) in [5, 5.41) is 6.81. The van der Waals surface area contributed by atoms with Crippen LogP contribution in [0.15, 0.2) is 0 Å². The Morgan fingerprint density at radius 3 is 2.23 bits per heavy atom. The van der Waals surface area contributed by atoms with Crippen LogP contribution in [0.25, 0.3) is 0 Å². The van der Waals surface area contributed by atoms with E-state index in [0.29, 0.717) is 23.3 Å². The highest BCUT2D eigenvalue weighted by molar-refractivity contribution is 5.85. The Hall–Kier alpha value is -0.0700. The van der Waals surface area contributed by atoms with Gasteiger partial charge in [-0.15, -0.1) is 24.8 Å². The standard InChI is InChI=1S/C19H34N4O.2ClH/c1-22-10-4-16(5-11-22)23-12-2-15(3-13-23)21-18(24)17-14-19(17)6-8-20-9-7-19;;/h15-17,20H,2-14H2,1H3,(H,21,24);2*1H. The highest BCUT2D eigenvalue weighted by atomic mass is 35.5. The Labute approximate surface area is 170 Å². The van der Waals surface area contributed by atoms with E-state index in [1.165, 1.54) is 51.9 Å². The van der Waals surface area contributed by atoms with Gasteiger partial charge in [-0.3, -0.25) is 4.79 Å². The zero-order chi connectivity index (χ0) is 16.6. The number of nitrogens with zero attached hydrogens (tertiary/aromatic N) is 2. The lowest BCUT2D eigenvalue weighted by Gasteiger charge is -2.41. The largest absolute Gasteiger partial charge is 0.353 e. The van der Waals surface area contributed by atoms with Crippen molar-refractivity contribution in [3.63, 3.8) is 0 Å². The van der Waals surface area contributed by atoms with Crippen LogP contribution < -0.4 is 10.6 Å². The lowest BCUT2D eigenvalue weighted by molar-refractivity contribution is -0.124. The number of carbonyl (C=O) groups excluding carboxylic acids is 1. The predicted molar refractivity (Wildman–Crippen MR) is 110 cm³/mol. The van der Waals surface area contributed by atoms with E-state index in [-0.39, 0.29) is 24.8 Å². The molecule has 0 radical (unpaired) electrons. The SMILES string of the molecule is CN1CCC(N2CCC(NC(=O)C3CC34CCNCC4)CC2)CC1.Cl.Cl. The Morgan fingerprint density at radius 2 is 1.62 bits per heavy atom. The summed E-state index contributed by atoms with van der Waals surface area (Å²) in [6, 6.07) is 1.19. The average molecular weight is 407 g/mol. The molecule has 4 fully saturated rings. The number of piperidine rings is 3. The fourth-order valence-corrected chi connectivity index (χ4v) is 5.27. The van der Waals surface area contributed by atoms with E-state index in [4.69, 9.17) is 0 Å². The maximum Gasteiger partial charge on any atom is 0.223 e. The van der Waals surface area contributed by atoms with E-state index in [1.54, 1.807) is 0 Å². The molecule has 3 heterocycles. The number of halogens is 2. The molecule has 1 atom stereocenters. The highest BCUT2D eigenvalue weighted by Gasteiger charge is 2.57. The fraction of sp³-hybridized carbons (Fsp3) is 0.947. The van der Waals surface area contributed by atoms with Crippen molar-refractivity contribution in [3.8, 4) is 0 Å². The molecule has 26 heavy (non-hydrogen) atoms. The van der Waals surface area contributed by atoms with E-state index in [9.17, 15) is 4.79 Å². The van der Waals surface area contributed by atoms with Crippen molar-refractivity contribution in [2.45, 2.75) is 57.0 Å². The molecule has 3 saturated heterocycles. The molecular formula is C19H36Cl2N4O. The number of rotatable bonds is 3. The molecule has 1 saturated carbocycles. The first-order valence-corrected chi connectivity index (χ1v) is 10.1. The Kier molecular flexibility index (Phi) is 8.05. The van der Waals surface area contributed by atoms with E-state index in [1.807, 2.05) is 0 Å². The van der Waals surface area contributed by atoms with Crippen LogP contribution in [0.1, 0.15) is 44.9 Å². The molecule has 2 N–H and O–H groups in total. The molecule has 152 valence electrons. The van der Waals surface area contributed by atoms with Crippen molar-refractivity contribution in [2.24, 2.45) is 11.3 Å². The van der Waals surface area contributed by atoms with E-state index in [0.717, 1.165) is 38.4 Å². The van der Waals surface area contributed by atoms with Crippen molar-refractivity contribution in [1.29, 1.82) is 0 Å². The van der Waals surface area contributed by atoms with Gasteiger partial charge in [-0.1, -0.05) is 0 Å². The van der Waals surface area contributed by atoms with Crippen LogP contribution >= 0.6 is 24.8 Å². The first-order valence-electron chi connectivity index (χ1n) is 10.1. The van der Waals surface area contributed by atoms with Gasteiger partial charge in [-0.05, 0) is 83.6 Å². The summed E-state index contributed by atoms with van der Waals surface area (Å²) in [7, 11) is 2.23. The van der Waals surface area contributed by atoms with Gasteiger partial charge >= 0.3 is 0 Å². The summed E-state index contributed by atoms with van der Waals surface area (Å²) < 4.78 is 0. The minimum atomic E-state index is 0. The van der Waals surface area contributed by atoms with Crippen molar-refractivity contribution in [1.82, 2.24) is 20.4 Å². The summed E-state index contributed by atoms with van der Waals surface area (Å²) in [6.07, 6.45) is 8.42. The lowest BCUT2D eigenvalue weighted by atomic mass is 9.91. The van der Waals surface area contributed by atoms with Crippen molar-refractivity contribution < 1.29 is 4.79 Å². The fourth-order valence-electron chi connectivity index (χ4n) is 5.27. The molecule has 4 aliphatic rings. The van der Waals surface area contributed by atoms with Gasteiger partial charge in [-0.2, -0.15) is 0 Å². The molecule has 1 unspecified atom stereocenters. The second-order valence-corrected chi connectivity index (χ2v) is 8.72. The first-order chi connectivity index (χ1) is 11.7. The second kappa shape index (κ2) is 9.42. The Morgan fingerprint density at radius 1 is 1.00 bits per heavy atom. The molecule has 0 aromatic heterocycles. The molecule has 3 aliphatic heterocycles. The first kappa shape index (κ1) is 22.2. The lowest BCUT2D eigenvalue weighted by Crippen LogP contribution is -2.51. The van der Waals surface area contributed by atoms with Crippen LogP contribution in [0, 0.1) is 11.3 Å². The van der Waals surface area contributed by atoms with E-state index in [2.05, 4.69) is 27.5 Å². The smallest absolute Gasteiger partial charge is 0.223 e. The molecule has 4 rings (SSSR count). The number of likely N-dealkylation sites (tertiary alicyclic amines) is 2. The summed E-state index contributed by atoms with van der Waals surface area (Å²) in [4.78, 5) is 17.7. The third kappa shape index (κ3) is 4.85. The van der Waals surface area contributed by atoms with E-state index >= 15 is 0 Å². The summed E-state index contributed by atoms with van der Waals surface area (Å²) in [5.74, 6) is 0.668. The van der Waals surface area contributed by atoms with Gasteiger partial charge in [0.15, 0.2) is 0 Å². The topological polar surface area (TPSA) is 47.6 Å². The zero-order valence-electron chi connectivity index (χ0n) is 16.0. The molecule has 0 bridgehead atoms. The summed E-state index contributed by atoms with van der Waals surface area (Å²) >= 11 is 0. The average Bonchev–Trinajstić information content (AvgIpc) is 3.30. The number of amides is 1. The van der Waals surface area contributed by atoms with Gasteiger partial charge in [0, 0.05) is 31.1 Å². The maximum absolute atomic E-state index is 12.6. The Bertz CT molecular complexity index is 456. The van der Waals surface area contributed by atoms with Crippen LogP contribution in [0.5, 0.6) is 0 Å². The third-order valence-corrected chi connectivity index (χ3v) is 7.19. The molecule has 0 aromatic carbocycles. The van der Waals surface area contributed by atoms with Crippen LogP contribution in [0.3, 0.4) is 0 Å². The summed E-state index contributed by atoms with van der Waals surface area (Å²) in [6.45, 7) is 7.00. The van der Waals surface area contributed by atoms with Crippen molar-refractivity contribution in [3.05, 3.63) is 0 Å². The minimum absolute atomic E-state index is 0. The number of hydrogen-bond acceptors (Lipinski definition) is 4. The molecule has 1 aliphatic carbocycles.